The number of aromatic nitrogens is 2. The second kappa shape index (κ2) is 9.28. The molecule has 1 unspecified atom stereocenters. The number of likely N-dealkylation sites (tertiary alicyclic amines) is 1. The number of nitrogens with two attached hydrogens (primary N) is 1. The number of anilines is 1. The van der Waals surface area contributed by atoms with Gasteiger partial charge in [-0.1, -0.05) is 0 Å². The lowest BCUT2D eigenvalue weighted by Crippen LogP contribution is -2.59. The second-order valence-electron chi connectivity index (χ2n) is 9.16. The van der Waals surface area contributed by atoms with Gasteiger partial charge < -0.3 is 20.3 Å². The van der Waals surface area contributed by atoms with Crippen LogP contribution in [0.25, 0.3) is 0 Å². The molecule has 0 aromatic carbocycles. The van der Waals surface area contributed by atoms with E-state index in [-0.39, 0.29) is 17.8 Å². The van der Waals surface area contributed by atoms with Crippen LogP contribution < -0.4 is 5.73 Å². The van der Waals surface area contributed by atoms with Crippen LogP contribution in [-0.4, -0.2) is 108 Å². The Hall–Kier alpha value is -3.09. The number of aliphatic imine (C=N–C) groups is 2. The van der Waals surface area contributed by atoms with Crippen molar-refractivity contribution in [2.45, 2.75) is 18.6 Å². The summed E-state index contributed by atoms with van der Waals surface area (Å²) in [7, 11) is 3.82. The summed E-state index contributed by atoms with van der Waals surface area (Å²) in [6.45, 7) is 4.42. The predicted octanol–water partition coefficient (Wildman–Crippen LogP) is 0.396. The minimum absolute atomic E-state index is 0.101. The van der Waals surface area contributed by atoms with Gasteiger partial charge in [0.25, 0.3) is 0 Å². The van der Waals surface area contributed by atoms with Gasteiger partial charge in [0.15, 0.2) is 5.84 Å². The molecule has 180 valence electrons. The van der Waals surface area contributed by atoms with Crippen molar-refractivity contribution < 1.29 is 9.53 Å². The Morgan fingerprint density at radius 2 is 1.85 bits per heavy atom. The topological polar surface area (TPSA) is 137 Å². The van der Waals surface area contributed by atoms with Gasteiger partial charge in [0.2, 0.25) is 17.6 Å². The lowest BCUT2D eigenvalue weighted by atomic mass is 9.86. The second-order valence-corrected chi connectivity index (χ2v) is 9.16. The highest BCUT2D eigenvalue weighted by Gasteiger charge is 2.49. The van der Waals surface area contributed by atoms with Crippen LogP contribution >= 0.6 is 0 Å². The van der Waals surface area contributed by atoms with Crippen LogP contribution in [0.3, 0.4) is 0 Å². The van der Waals surface area contributed by atoms with E-state index in [1.54, 1.807) is 18.6 Å². The number of carbonyl (C=O) groups excluding carboxylic acids is 1. The molecule has 5 heterocycles. The number of rotatable bonds is 5. The summed E-state index contributed by atoms with van der Waals surface area (Å²) in [5.74, 6) is 0.172. The first-order chi connectivity index (χ1) is 16.5. The fourth-order valence-electron chi connectivity index (χ4n) is 4.95. The quantitative estimate of drug-likeness (QED) is 0.663. The van der Waals surface area contributed by atoms with Crippen LogP contribution in [0.2, 0.25) is 0 Å². The third kappa shape index (κ3) is 4.24. The van der Waals surface area contributed by atoms with Gasteiger partial charge in [0.1, 0.15) is 0 Å². The number of hydrogen-bond donors (Lipinski definition) is 1. The standard InChI is InChI=1S/C22H30N10O2/c1-30(2)14-18(33)31-5-3-16(4-6-31)22(32-7-9-34-10-8-32)27-19(15-11-24-21(23)25-12-15)17-13-26-29-20(17)28-22/h11-13,16H,3-10,14H2,1-2H3,(H2,23,24,25). The van der Waals surface area contributed by atoms with Crippen LogP contribution in [0.4, 0.5) is 5.95 Å². The minimum Gasteiger partial charge on any atom is -0.379 e. The molecule has 0 spiro atoms. The van der Waals surface area contributed by atoms with E-state index < -0.39 is 5.79 Å². The number of nitrogen functional groups attached to an aromatic ring is 1. The number of ether oxygens (including phenoxy) is 1. The number of fused-ring (bicyclic) bond motifs is 1. The molecule has 4 aliphatic heterocycles. The molecular formula is C22H30N10O2. The average Bonchev–Trinajstić information content (AvgIpc) is 3.33. The number of amidine groups is 1. The fraction of sp³-hybridized carbons (Fsp3) is 0.591. The van der Waals surface area contributed by atoms with Crippen molar-refractivity contribution in [1.29, 1.82) is 0 Å². The van der Waals surface area contributed by atoms with E-state index in [9.17, 15) is 4.79 Å². The first-order valence-electron chi connectivity index (χ1n) is 11.6. The maximum absolute atomic E-state index is 12.6. The molecule has 2 fully saturated rings. The number of hydrogen-bond acceptors (Lipinski definition) is 11. The molecule has 5 rings (SSSR count). The van der Waals surface area contributed by atoms with Crippen molar-refractivity contribution in [3.63, 3.8) is 0 Å². The number of piperidine rings is 1. The average molecular weight is 467 g/mol. The summed E-state index contributed by atoms with van der Waals surface area (Å²) in [4.78, 5) is 37.5. The Labute approximate surface area is 198 Å². The molecule has 12 nitrogen and oxygen atoms in total. The first kappa shape index (κ1) is 22.7. The van der Waals surface area contributed by atoms with E-state index in [1.807, 2.05) is 23.9 Å². The zero-order valence-electron chi connectivity index (χ0n) is 19.6. The zero-order chi connectivity index (χ0) is 23.7. The molecule has 1 aromatic rings. The minimum atomic E-state index is -0.854. The summed E-state index contributed by atoms with van der Waals surface area (Å²) in [5, 5.41) is 8.44. The fourth-order valence-corrected chi connectivity index (χ4v) is 4.95. The highest BCUT2D eigenvalue weighted by atomic mass is 16.5. The molecule has 1 amide bonds. The summed E-state index contributed by atoms with van der Waals surface area (Å²) in [6.07, 6.45) is 6.61. The molecule has 2 N–H and O–H groups in total. The van der Waals surface area contributed by atoms with Gasteiger partial charge in [-0.15, -0.1) is 5.11 Å². The highest BCUT2D eigenvalue weighted by Crippen LogP contribution is 2.41. The van der Waals surface area contributed by atoms with Gasteiger partial charge in [-0.2, -0.15) is 5.11 Å². The monoisotopic (exact) mass is 466 g/mol. The normalized spacial score (nSPS) is 25.7. The van der Waals surface area contributed by atoms with Gasteiger partial charge in [-0.25, -0.2) is 20.0 Å². The Morgan fingerprint density at radius 1 is 1.15 bits per heavy atom. The van der Waals surface area contributed by atoms with Crippen molar-refractivity contribution in [1.82, 2.24) is 24.7 Å². The van der Waals surface area contributed by atoms with Crippen molar-refractivity contribution in [3.8, 4) is 0 Å². The molecule has 12 heteroatoms. The Kier molecular flexibility index (Phi) is 6.19. The number of carbonyl (C=O) groups is 1. The molecule has 1 aromatic heterocycles. The smallest absolute Gasteiger partial charge is 0.236 e. The Balaban J connectivity index is 1.51. The maximum Gasteiger partial charge on any atom is 0.236 e. The van der Waals surface area contributed by atoms with E-state index in [4.69, 9.17) is 20.5 Å². The number of likely N-dealkylation sites (N-methyl/N-ethyl adjacent to an activating group) is 1. The van der Waals surface area contributed by atoms with Crippen LogP contribution in [-0.2, 0) is 9.53 Å². The lowest BCUT2D eigenvalue weighted by molar-refractivity contribution is -0.134. The summed E-state index contributed by atoms with van der Waals surface area (Å²) >= 11 is 0. The third-order valence-corrected chi connectivity index (χ3v) is 6.65. The molecule has 4 aliphatic rings. The van der Waals surface area contributed by atoms with E-state index in [0.717, 1.165) is 24.0 Å². The number of morpholine rings is 1. The largest absolute Gasteiger partial charge is 0.379 e. The van der Waals surface area contributed by atoms with E-state index in [0.29, 0.717) is 57.5 Å². The summed E-state index contributed by atoms with van der Waals surface area (Å²) in [5.41, 5.74) is 7.94. The van der Waals surface area contributed by atoms with Crippen LogP contribution in [0.5, 0.6) is 0 Å². The van der Waals surface area contributed by atoms with E-state index in [1.165, 1.54) is 0 Å². The maximum atomic E-state index is 12.6. The van der Waals surface area contributed by atoms with Crippen LogP contribution in [0, 0.1) is 5.92 Å². The van der Waals surface area contributed by atoms with E-state index in [2.05, 4.69) is 25.1 Å². The molecule has 0 saturated carbocycles. The van der Waals surface area contributed by atoms with Gasteiger partial charge in [0, 0.05) is 50.1 Å². The molecule has 0 bridgehead atoms. The predicted molar refractivity (Wildman–Crippen MR) is 126 cm³/mol. The Bertz CT molecular complexity index is 1050. The Morgan fingerprint density at radius 3 is 2.53 bits per heavy atom. The van der Waals surface area contributed by atoms with Gasteiger partial charge >= 0.3 is 0 Å². The number of amides is 1. The van der Waals surface area contributed by atoms with E-state index >= 15 is 0 Å². The molecule has 0 radical (unpaired) electrons. The van der Waals surface area contributed by atoms with Crippen LogP contribution in [0.1, 0.15) is 18.4 Å². The molecular weight excluding hydrogens is 436 g/mol. The van der Waals surface area contributed by atoms with Crippen molar-refractivity contribution in [2.24, 2.45) is 26.1 Å². The lowest BCUT2D eigenvalue weighted by Gasteiger charge is -2.48. The van der Waals surface area contributed by atoms with Gasteiger partial charge in [0.05, 0.1) is 37.2 Å². The molecule has 0 aliphatic carbocycles. The van der Waals surface area contributed by atoms with Crippen molar-refractivity contribution in [2.75, 3.05) is 65.8 Å². The molecule has 34 heavy (non-hydrogen) atoms. The highest BCUT2D eigenvalue weighted by molar-refractivity contribution is 6.31. The van der Waals surface area contributed by atoms with Gasteiger partial charge in [-0.3, -0.25) is 9.69 Å². The van der Waals surface area contributed by atoms with Gasteiger partial charge in [-0.05, 0) is 26.9 Å². The zero-order valence-corrected chi connectivity index (χ0v) is 19.6. The number of azo groups is 1. The summed E-state index contributed by atoms with van der Waals surface area (Å²) in [6, 6.07) is 0. The molecule has 2 saturated heterocycles. The first-order valence-corrected chi connectivity index (χ1v) is 11.6. The van der Waals surface area contributed by atoms with Crippen molar-refractivity contribution in [3.05, 3.63) is 29.7 Å². The SMILES string of the molecule is CN(C)CC(=O)N1CCC(C2(N3CCOCC3)N=C3N=NC=C3C(c3cnc(N)nc3)=N2)CC1. The summed E-state index contributed by atoms with van der Waals surface area (Å²) < 4.78 is 5.64. The number of nitrogens with zero attached hydrogens (tertiary/aromatic N) is 9. The van der Waals surface area contributed by atoms with Crippen molar-refractivity contribution >= 4 is 23.4 Å². The third-order valence-electron chi connectivity index (χ3n) is 6.65. The molecule has 1 atom stereocenters. The van der Waals surface area contributed by atoms with Crippen LogP contribution in [0.15, 0.2) is 44.4 Å².